The van der Waals surface area contributed by atoms with Crippen LogP contribution in [0.2, 0.25) is 0 Å². The molecule has 0 aliphatic carbocycles. The lowest BCUT2D eigenvalue weighted by atomic mass is 9.86. The molecule has 0 radical (unpaired) electrons. The molecule has 2 aliphatic heterocycles. The summed E-state index contributed by atoms with van der Waals surface area (Å²) in [5.41, 5.74) is 6.29. The molecule has 11 heteroatoms. The zero-order chi connectivity index (χ0) is 42.4. The third-order valence-electron chi connectivity index (χ3n) is 12.9. The number of rotatable bonds is 24. The fraction of sp³-hybridized carbons (Fsp3) is 0.604. The Hall–Kier alpha value is -4.35. The summed E-state index contributed by atoms with van der Waals surface area (Å²) in [7, 11) is 16.4. The number of quaternary nitrogens is 2. The molecule has 0 bridgehead atoms. The topological polar surface area (TPSA) is 90.9 Å². The first kappa shape index (κ1) is 45.7. The van der Waals surface area contributed by atoms with E-state index < -0.39 is 0 Å². The SMILES string of the molecule is COc1ccc(C[C@@H]2c3cc(OC)c(OC)cc3CC[N+]2(C)CCCCCCCCCCCOC(=O)CC[N+]2(C)CCc3cc(OC)c(OC)c(OC)c3C2)cc1OC. The van der Waals surface area contributed by atoms with Gasteiger partial charge < -0.3 is 46.9 Å². The first-order valence-corrected chi connectivity index (χ1v) is 21.7. The number of methoxy groups -OCH3 is 7. The van der Waals surface area contributed by atoms with Crippen LogP contribution < -0.4 is 33.2 Å². The zero-order valence-electron chi connectivity index (χ0n) is 37.5. The lowest BCUT2D eigenvalue weighted by Crippen LogP contribution is -2.52. The van der Waals surface area contributed by atoms with E-state index in [0.717, 1.165) is 108 Å². The Labute approximate surface area is 353 Å². The number of carbonyl (C=O) groups excluding carboxylic acids is 1. The van der Waals surface area contributed by atoms with E-state index in [0.29, 0.717) is 24.5 Å². The quantitative estimate of drug-likeness (QED) is 0.0501. The van der Waals surface area contributed by atoms with Gasteiger partial charge in [0.2, 0.25) is 5.75 Å². The van der Waals surface area contributed by atoms with Crippen molar-refractivity contribution in [3.05, 3.63) is 64.2 Å². The molecule has 0 N–H and O–H groups in total. The lowest BCUT2D eigenvalue weighted by molar-refractivity contribution is -0.941. The van der Waals surface area contributed by atoms with E-state index in [1.54, 1.807) is 49.8 Å². The predicted molar refractivity (Wildman–Crippen MR) is 232 cm³/mol. The molecule has 11 nitrogen and oxygen atoms in total. The molecule has 3 atom stereocenters. The maximum Gasteiger partial charge on any atom is 0.311 e. The second-order valence-corrected chi connectivity index (χ2v) is 16.9. The average Bonchev–Trinajstić information content (AvgIpc) is 3.25. The van der Waals surface area contributed by atoms with Crippen molar-refractivity contribution in [2.75, 3.05) is 96.6 Å². The predicted octanol–water partition coefficient (Wildman–Crippen LogP) is 8.68. The van der Waals surface area contributed by atoms with E-state index >= 15 is 0 Å². The summed E-state index contributed by atoms with van der Waals surface area (Å²) >= 11 is 0. The van der Waals surface area contributed by atoms with Crippen molar-refractivity contribution < 1.29 is 51.7 Å². The molecular formula is C48H72N2O9+2. The lowest BCUT2D eigenvalue weighted by Gasteiger charge is -2.46. The molecule has 2 heterocycles. The molecule has 0 spiro atoms. The molecule has 0 saturated carbocycles. The van der Waals surface area contributed by atoms with Gasteiger partial charge in [-0.25, -0.2) is 0 Å². The van der Waals surface area contributed by atoms with Crippen molar-refractivity contribution in [1.82, 2.24) is 0 Å². The van der Waals surface area contributed by atoms with Crippen LogP contribution in [0.25, 0.3) is 0 Å². The average molecular weight is 821 g/mol. The van der Waals surface area contributed by atoms with Gasteiger partial charge in [-0.05, 0) is 66.3 Å². The van der Waals surface area contributed by atoms with Gasteiger partial charge in [0.05, 0.1) is 109 Å². The third kappa shape index (κ3) is 11.5. The molecule has 0 aromatic heterocycles. The fourth-order valence-corrected chi connectivity index (χ4v) is 9.30. The molecule has 0 amide bonds. The second-order valence-electron chi connectivity index (χ2n) is 16.9. The van der Waals surface area contributed by atoms with Gasteiger partial charge in [-0.15, -0.1) is 0 Å². The summed E-state index contributed by atoms with van der Waals surface area (Å²) in [5.74, 6) is 5.02. The first-order chi connectivity index (χ1) is 28.5. The first-order valence-electron chi connectivity index (χ1n) is 21.7. The number of unbranched alkanes of at least 4 members (excludes halogenated alkanes) is 8. The number of fused-ring (bicyclic) bond motifs is 2. The van der Waals surface area contributed by atoms with Gasteiger partial charge in [0.25, 0.3) is 0 Å². The maximum absolute atomic E-state index is 12.7. The Balaban J connectivity index is 0.992. The van der Waals surface area contributed by atoms with Crippen LogP contribution in [0.15, 0.2) is 36.4 Å². The Morgan fingerprint density at radius 2 is 1.17 bits per heavy atom. The molecule has 5 rings (SSSR count). The van der Waals surface area contributed by atoms with E-state index in [1.165, 1.54) is 67.2 Å². The molecule has 59 heavy (non-hydrogen) atoms. The normalized spacial score (nSPS) is 19.6. The van der Waals surface area contributed by atoms with Crippen molar-refractivity contribution in [3.63, 3.8) is 0 Å². The van der Waals surface area contributed by atoms with Crippen molar-refractivity contribution >= 4 is 5.97 Å². The largest absolute Gasteiger partial charge is 0.493 e. The van der Waals surface area contributed by atoms with Gasteiger partial charge in [-0.3, -0.25) is 4.79 Å². The third-order valence-corrected chi connectivity index (χ3v) is 12.9. The fourth-order valence-electron chi connectivity index (χ4n) is 9.30. The highest BCUT2D eigenvalue weighted by atomic mass is 16.5. The van der Waals surface area contributed by atoms with Crippen molar-refractivity contribution in [3.8, 4) is 40.2 Å². The summed E-state index contributed by atoms with van der Waals surface area (Å²) in [4.78, 5) is 12.7. The molecule has 0 saturated heterocycles. The van der Waals surface area contributed by atoms with Gasteiger partial charge in [-0.1, -0.05) is 44.6 Å². The van der Waals surface area contributed by atoms with Crippen LogP contribution in [-0.4, -0.2) is 112 Å². The van der Waals surface area contributed by atoms with E-state index in [4.69, 9.17) is 37.9 Å². The highest BCUT2D eigenvalue weighted by Gasteiger charge is 2.40. The zero-order valence-corrected chi connectivity index (χ0v) is 37.5. The van der Waals surface area contributed by atoms with Gasteiger partial charge in [0, 0.05) is 24.8 Å². The number of likely N-dealkylation sites (N-methyl/N-ethyl adjacent to an activating group) is 2. The molecular weight excluding hydrogens is 749 g/mol. The molecule has 2 unspecified atom stereocenters. The van der Waals surface area contributed by atoms with Crippen LogP contribution in [0.1, 0.15) is 98.1 Å². The smallest absolute Gasteiger partial charge is 0.311 e. The number of nitrogens with zero attached hydrogens (tertiary/aromatic N) is 2. The molecule has 3 aromatic rings. The van der Waals surface area contributed by atoms with Crippen molar-refractivity contribution in [2.45, 2.75) is 96.1 Å². The Bertz CT molecular complexity index is 1830. The maximum atomic E-state index is 12.7. The van der Waals surface area contributed by atoms with E-state index in [9.17, 15) is 4.79 Å². The van der Waals surface area contributed by atoms with Crippen LogP contribution in [-0.2, 0) is 35.3 Å². The summed E-state index contributed by atoms with van der Waals surface area (Å²) in [5, 5.41) is 0. The molecule has 2 aliphatic rings. The number of esters is 1. The van der Waals surface area contributed by atoms with Crippen molar-refractivity contribution in [1.29, 1.82) is 0 Å². The van der Waals surface area contributed by atoms with Gasteiger partial charge in [-0.2, -0.15) is 0 Å². The van der Waals surface area contributed by atoms with Crippen LogP contribution in [0.4, 0.5) is 0 Å². The number of carbonyl (C=O) groups is 1. The summed E-state index contributed by atoms with van der Waals surface area (Å²) < 4.78 is 47.0. The molecule has 0 fully saturated rings. The van der Waals surface area contributed by atoms with Gasteiger partial charge in [0.1, 0.15) is 12.6 Å². The summed E-state index contributed by atoms with van der Waals surface area (Å²) in [6.45, 7) is 5.18. The number of ether oxygens (including phenoxy) is 8. The van der Waals surface area contributed by atoms with E-state index in [1.807, 2.05) is 6.07 Å². The van der Waals surface area contributed by atoms with Crippen LogP contribution >= 0.6 is 0 Å². The highest BCUT2D eigenvalue weighted by molar-refractivity contribution is 5.69. The summed E-state index contributed by atoms with van der Waals surface area (Å²) in [6.07, 6.45) is 13.9. The minimum Gasteiger partial charge on any atom is -0.493 e. The highest BCUT2D eigenvalue weighted by Crippen LogP contribution is 2.46. The molecule has 3 aromatic carbocycles. The van der Waals surface area contributed by atoms with E-state index in [-0.39, 0.29) is 12.0 Å². The van der Waals surface area contributed by atoms with Crippen LogP contribution in [0.5, 0.6) is 40.2 Å². The number of hydrogen-bond donors (Lipinski definition) is 0. The Morgan fingerprint density at radius 1 is 0.593 bits per heavy atom. The Morgan fingerprint density at radius 3 is 1.81 bits per heavy atom. The van der Waals surface area contributed by atoms with Crippen LogP contribution in [0.3, 0.4) is 0 Å². The Kier molecular flexibility index (Phi) is 16.9. The summed E-state index contributed by atoms with van der Waals surface area (Å²) in [6, 6.07) is 13.0. The minimum absolute atomic E-state index is 0.105. The van der Waals surface area contributed by atoms with Gasteiger partial charge in [0.15, 0.2) is 34.5 Å². The number of benzene rings is 3. The molecule has 326 valence electrons. The standard InChI is InChI=1S/C48H72N2O9/c1-49(25-21-37-32-45(56-7)48(58-9)47(57-8)39(37)34-49)26-23-46(51)59-28-18-16-14-12-10-11-13-15-17-24-50(2)27-22-36-31-43(54-5)44(55-6)33-38(36)40(50)29-35-19-20-41(52-3)42(30-35)53-4/h19-20,30-33,40H,10-18,21-29,34H2,1-9H3/q+2/t40-,49?,50?/m1/s1. The van der Waals surface area contributed by atoms with Crippen molar-refractivity contribution in [2.24, 2.45) is 0 Å². The van der Waals surface area contributed by atoms with E-state index in [2.05, 4.69) is 44.4 Å². The second kappa shape index (κ2) is 21.8. The number of hydrogen-bond acceptors (Lipinski definition) is 9. The van der Waals surface area contributed by atoms with Gasteiger partial charge >= 0.3 is 5.97 Å². The minimum atomic E-state index is -0.105. The van der Waals surface area contributed by atoms with Crippen LogP contribution in [0, 0.1) is 0 Å². The monoisotopic (exact) mass is 821 g/mol.